The summed E-state index contributed by atoms with van der Waals surface area (Å²) >= 11 is 1.27. The van der Waals surface area contributed by atoms with E-state index in [9.17, 15) is 14.4 Å². The molecule has 0 atom stereocenters. The molecule has 0 radical (unpaired) electrons. The number of rotatable bonds is 7. The van der Waals surface area contributed by atoms with Crippen molar-refractivity contribution >= 4 is 17.7 Å². The third-order valence-electron chi connectivity index (χ3n) is 2.90. The number of nitrogens with zero attached hydrogens (tertiary/aromatic N) is 3. The lowest BCUT2D eigenvalue weighted by molar-refractivity contribution is 0.0455. The van der Waals surface area contributed by atoms with Gasteiger partial charge in [-0.05, 0) is 12.3 Å². The lowest BCUT2D eigenvalue weighted by Crippen LogP contribution is -2.26. The van der Waals surface area contributed by atoms with Crippen LogP contribution in [0.5, 0.6) is 0 Å². The Hall–Kier alpha value is -2.46. The number of carbonyl (C=O) groups excluding carboxylic acids is 1. The quantitative estimate of drug-likeness (QED) is 0.422. The van der Waals surface area contributed by atoms with E-state index >= 15 is 0 Å². The van der Waals surface area contributed by atoms with E-state index in [-0.39, 0.29) is 30.0 Å². The van der Waals surface area contributed by atoms with Crippen molar-refractivity contribution in [2.75, 3.05) is 20.0 Å². The van der Waals surface area contributed by atoms with E-state index in [4.69, 9.17) is 9.47 Å². The van der Waals surface area contributed by atoms with Crippen molar-refractivity contribution in [1.29, 1.82) is 0 Å². The molecule has 2 heterocycles. The van der Waals surface area contributed by atoms with Crippen LogP contribution in [0.15, 0.2) is 32.9 Å². The topological polar surface area (TPSA) is 116 Å². The van der Waals surface area contributed by atoms with Gasteiger partial charge in [-0.15, -0.1) is 0 Å². The predicted octanol–water partition coefficient (Wildman–Crippen LogP) is 0.0519. The van der Waals surface area contributed by atoms with E-state index in [1.165, 1.54) is 37.1 Å². The molecule has 1 N–H and O–H groups in total. The second kappa shape index (κ2) is 8.41. The molecule has 10 heteroatoms. The maximum absolute atomic E-state index is 12.0. The molecule has 0 aliphatic heterocycles. The molecule has 0 amide bonds. The van der Waals surface area contributed by atoms with Crippen molar-refractivity contribution in [2.45, 2.75) is 18.3 Å². The maximum atomic E-state index is 12.0. The van der Waals surface area contributed by atoms with Gasteiger partial charge in [0, 0.05) is 19.2 Å². The third kappa shape index (κ3) is 4.77. The summed E-state index contributed by atoms with van der Waals surface area (Å²) in [7, 11) is 1.50. The summed E-state index contributed by atoms with van der Waals surface area (Å²) in [6, 6.07) is 3.77. The van der Waals surface area contributed by atoms with Crippen LogP contribution in [-0.4, -0.2) is 45.7 Å². The Labute approximate surface area is 141 Å². The molecule has 0 aliphatic rings. The predicted molar refractivity (Wildman–Crippen MR) is 86.1 cm³/mol. The molecule has 2 aromatic heterocycles. The molecule has 24 heavy (non-hydrogen) atoms. The fourth-order valence-electron chi connectivity index (χ4n) is 1.76. The number of carbonyl (C=O) groups is 1. The van der Waals surface area contributed by atoms with Crippen molar-refractivity contribution in [3.63, 3.8) is 0 Å². The van der Waals surface area contributed by atoms with Crippen LogP contribution in [-0.2, 0) is 22.6 Å². The van der Waals surface area contributed by atoms with Crippen LogP contribution < -0.4 is 11.1 Å². The zero-order valence-electron chi connectivity index (χ0n) is 13.1. The molecule has 9 nitrogen and oxygen atoms in total. The molecule has 0 spiro atoms. The van der Waals surface area contributed by atoms with Crippen LogP contribution in [0.3, 0.4) is 0 Å². The summed E-state index contributed by atoms with van der Waals surface area (Å²) in [5.41, 5.74) is -0.360. The normalized spacial score (nSPS) is 10.6. The minimum atomic E-state index is -0.714. The standard InChI is InChI=1S/C14H16N4O5S/c1-22-6-5-18-12(20)4-3-10(17-18)13(21)23-8-9-7-11(19)16-14(15-9)24-2/h3-4,7H,5-6,8H2,1-2H3,(H,15,16,19). The minimum Gasteiger partial charge on any atom is -0.454 e. The Balaban J connectivity index is 2.08. The van der Waals surface area contributed by atoms with Gasteiger partial charge in [0.15, 0.2) is 10.9 Å². The number of aromatic nitrogens is 4. The highest BCUT2D eigenvalue weighted by Gasteiger charge is 2.12. The lowest BCUT2D eigenvalue weighted by atomic mass is 10.4. The second-order valence-electron chi connectivity index (χ2n) is 4.59. The van der Waals surface area contributed by atoms with Crippen molar-refractivity contribution < 1.29 is 14.3 Å². The Bertz CT molecular complexity index is 832. The number of methoxy groups -OCH3 is 1. The molecule has 0 saturated heterocycles. The summed E-state index contributed by atoms with van der Waals surface area (Å²) < 4.78 is 11.1. The molecule has 0 unspecified atom stereocenters. The Morgan fingerprint density at radius 3 is 2.88 bits per heavy atom. The molecule has 2 rings (SSSR count). The first-order valence-corrected chi connectivity index (χ1v) is 8.14. The summed E-state index contributed by atoms with van der Waals surface area (Å²) in [5, 5.41) is 4.36. The molecule has 0 bridgehead atoms. The van der Waals surface area contributed by atoms with E-state index in [1.807, 2.05) is 0 Å². The average Bonchev–Trinajstić information content (AvgIpc) is 2.58. The highest BCUT2D eigenvalue weighted by Crippen LogP contribution is 2.07. The highest BCUT2D eigenvalue weighted by atomic mass is 32.2. The van der Waals surface area contributed by atoms with Gasteiger partial charge in [-0.2, -0.15) is 5.10 Å². The van der Waals surface area contributed by atoms with E-state index in [1.54, 1.807) is 6.26 Å². The van der Waals surface area contributed by atoms with Gasteiger partial charge in [0.2, 0.25) is 0 Å². The smallest absolute Gasteiger partial charge is 0.359 e. The summed E-state index contributed by atoms with van der Waals surface area (Å²) in [6.45, 7) is 0.345. The number of thioether (sulfide) groups is 1. The summed E-state index contributed by atoms with van der Waals surface area (Å²) in [5.74, 6) is -0.714. The van der Waals surface area contributed by atoms with E-state index < -0.39 is 5.97 Å². The van der Waals surface area contributed by atoms with E-state index in [0.29, 0.717) is 17.5 Å². The molecule has 2 aromatic rings. The highest BCUT2D eigenvalue weighted by molar-refractivity contribution is 7.98. The number of nitrogens with one attached hydrogen (secondary N) is 1. The van der Waals surface area contributed by atoms with Crippen LogP contribution in [0.1, 0.15) is 16.2 Å². The van der Waals surface area contributed by atoms with Gasteiger partial charge < -0.3 is 14.5 Å². The molecule has 0 saturated carbocycles. The van der Waals surface area contributed by atoms with Crippen molar-refractivity contribution in [3.05, 3.63) is 50.3 Å². The SMILES string of the molecule is COCCn1nc(C(=O)OCc2cc(=O)[nH]c(SC)n2)ccc1=O. The number of hydrogen-bond donors (Lipinski definition) is 1. The summed E-state index contributed by atoms with van der Waals surface area (Å²) in [4.78, 5) is 41.8. The fourth-order valence-corrected chi connectivity index (χ4v) is 2.17. The van der Waals surface area contributed by atoms with Crippen LogP contribution in [0.4, 0.5) is 0 Å². The number of esters is 1. The first-order chi connectivity index (χ1) is 11.5. The molecular formula is C14H16N4O5S. The van der Waals surface area contributed by atoms with Gasteiger partial charge in [0.05, 0.1) is 18.8 Å². The van der Waals surface area contributed by atoms with Gasteiger partial charge in [-0.1, -0.05) is 11.8 Å². The van der Waals surface area contributed by atoms with Gasteiger partial charge in [0.1, 0.15) is 6.61 Å². The van der Waals surface area contributed by atoms with Crippen molar-refractivity contribution in [1.82, 2.24) is 19.7 Å². The van der Waals surface area contributed by atoms with Crippen LogP contribution in [0.25, 0.3) is 0 Å². The number of ether oxygens (including phenoxy) is 2. The summed E-state index contributed by atoms with van der Waals surface area (Å²) in [6.07, 6.45) is 1.77. The Kier molecular flexibility index (Phi) is 6.27. The second-order valence-corrected chi connectivity index (χ2v) is 5.39. The average molecular weight is 352 g/mol. The zero-order valence-corrected chi connectivity index (χ0v) is 14.0. The molecule has 0 aliphatic carbocycles. The Morgan fingerprint density at radius 2 is 2.17 bits per heavy atom. The molecular weight excluding hydrogens is 336 g/mol. The number of aromatic amines is 1. The maximum Gasteiger partial charge on any atom is 0.359 e. The number of hydrogen-bond acceptors (Lipinski definition) is 8. The van der Waals surface area contributed by atoms with Gasteiger partial charge >= 0.3 is 5.97 Å². The van der Waals surface area contributed by atoms with Gasteiger partial charge in [-0.3, -0.25) is 9.59 Å². The van der Waals surface area contributed by atoms with Gasteiger partial charge in [0.25, 0.3) is 11.1 Å². The molecule has 0 aromatic carbocycles. The first kappa shape index (κ1) is 17.9. The van der Waals surface area contributed by atoms with E-state index in [0.717, 1.165) is 4.68 Å². The van der Waals surface area contributed by atoms with Crippen molar-refractivity contribution in [2.24, 2.45) is 0 Å². The lowest BCUT2D eigenvalue weighted by Gasteiger charge is -2.07. The van der Waals surface area contributed by atoms with Gasteiger partial charge in [-0.25, -0.2) is 14.5 Å². The number of H-pyrrole nitrogens is 1. The van der Waals surface area contributed by atoms with E-state index in [2.05, 4.69) is 15.1 Å². The Morgan fingerprint density at radius 1 is 1.38 bits per heavy atom. The van der Waals surface area contributed by atoms with Crippen molar-refractivity contribution in [3.8, 4) is 0 Å². The van der Waals surface area contributed by atoms with Crippen LogP contribution >= 0.6 is 11.8 Å². The zero-order chi connectivity index (χ0) is 17.5. The van der Waals surface area contributed by atoms with Crippen LogP contribution in [0.2, 0.25) is 0 Å². The monoisotopic (exact) mass is 352 g/mol. The first-order valence-electron chi connectivity index (χ1n) is 6.92. The minimum absolute atomic E-state index is 0.0133. The third-order valence-corrected chi connectivity index (χ3v) is 3.48. The largest absolute Gasteiger partial charge is 0.454 e. The molecule has 0 fully saturated rings. The molecule has 128 valence electrons. The van der Waals surface area contributed by atoms with Crippen LogP contribution in [0, 0.1) is 0 Å². The fraction of sp³-hybridized carbons (Fsp3) is 0.357.